The van der Waals surface area contributed by atoms with Gasteiger partial charge in [-0.3, -0.25) is 15.2 Å². The molecule has 1 atom stereocenters. The van der Waals surface area contributed by atoms with Gasteiger partial charge in [0, 0.05) is 17.4 Å². The highest BCUT2D eigenvalue weighted by Crippen LogP contribution is 2.29. The van der Waals surface area contributed by atoms with Crippen LogP contribution in [0.1, 0.15) is 27.7 Å². The normalized spacial score (nSPS) is 11.8. The molecule has 0 saturated heterocycles. The molecule has 6 nitrogen and oxygen atoms in total. The van der Waals surface area contributed by atoms with Gasteiger partial charge >= 0.3 is 0 Å². The van der Waals surface area contributed by atoms with Crippen LogP contribution in [0.3, 0.4) is 0 Å². The molecule has 0 aliphatic heterocycles. The van der Waals surface area contributed by atoms with Crippen LogP contribution in [0.25, 0.3) is 0 Å². The molecule has 0 aliphatic rings. The van der Waals surface area contributed by atoms with E-state index in [0.29, 0.717) is 26.3 Å². The zero-order valence-electron chi connectivity index (χ0n) is 15.4. The van der Waals surface area contributed by atoms with E-state index in [-0.39, 0.29) is 5.91 Å². The third kappa shape index (κ3) is 5.57. The molecule has 2 aromatic carbocycles. The zero-order valence-corrected chi connectivity index (χ0v) is 17.7. The molecule has 0 saturated carbocycles. The highest BCUT2D eigenvalue weighted by molar-refractivity contribution is 6.42. The Kier molecular flexibility index (Phi) is 7.41. The Balaban J connectivity index is 1.86. The average molecular weight is 461 g/mol. The number of rotatable bonds is 7. The zero-order chi connectivity index (χ0) is 21.5. The Bertz CT molecular complexity index is 1070. The average Bonchev–Trinajstić information content (AvgIpc) is 2.75. The number of benzene rings is 2. The van der Waals surface area contributed by atoms with Crippen molar-refractivity contribution in [2.75, 3.05) is 5.32 Å². The van der Waals surface area contributed by atoms with Gasteiger partial charge in [0.25, 0.3) is 5.91 Å². The minimum Gasteiger partial charge on any atom is -0.346 e. The predicted molar refractivity (Wildman–Crippen MR) is 122 cm³/mol. The second-order valence-corrected chi connectivity index (χ2v) is 7.36. The van der Waals surface area contributed by atoms with Crippen molar-refractivity contribution in [3.05, 3.63) is 92.7 Å². The molecule has 9 heteroatoms. The van der Waals surface area contributed by atoms with Crippen molar-refractivity contribution in [1.82, 2.24) is 10.3 Å². The smallest absolute Gasteiger partial charge is 0.252 e. The molecular formula is C21H16Cl3N5O. The number of pyridine rings is 1. The fourth-order valence-corrected chi connectivity index (χ4v) is 3.08. The van der Waals surface area contributed by atoms with Crippen LogP contribution in [0.2, 0.25) is 15.1 Å². The Hall–Kier alpha value is -2.93. The maximum atomic E-state index is 12.9. The van der Waals surface area contributed by atoms with E-state index >= 15 is 0 Å². The summed E-state index contributed by atoms with van der Waals surface area (Å²) in [5.74, 6) is -0.289. The first-order valence-corrected chi connectivity index (χ1v) is 9.86. The van der Waals surface area contributed by atoms with E-state index in [4.69, 9.17) is 40.2 Å². The lowest BCUT2D eigenvalue weighted by Gasteiger charge is -2.20. The number of halogens is 3. The summed E-state index contributed by atoms with van der Waals surface area (Å²) in [5.41, 5.74) is 2.53. The fourth-order valence-electron chi connectivity index (χ4n) is 2.66. The number of amides is 1. The number of hydrogen-bond donors (Lipinski definition) is 3. The molecule has 0 unspecified atom stereocenters. The van der Waals surface area contributed by atoms with Crippen LogP contribution in [0.15, 0.2) is 65.8 Å². The SMILES string of the molecule is N=C/N=C\Nc1ccc(C(=O)N[C@@H](c2ccc(Cl)c(Cl)c2)c2ccc(Cl)cn2)cc1. The van der Waals surface area contributed by atoms with E-state index in [1.807, 2.05) is 0 Å². The fraction of sp³-hybridized carbons (Fsp3) is 0.0476. The van der Waals surface area contributed by atoms with Crippen LogP contribution in [0.5, 0.6) is 0 Å². The summed E-state index contributed by atoms with van der Waals surface area (Å²) in [5, 5.41) is 14.0. The molecule has 0 radical (unpaired) electrons. The van der Waals surface area contributed by atoms with Crippen LogP contribution in [0, 0.1) is 5.41 Å². The van der Waals surface area contributed by atoms with E-state index < -0.39 is 6.04 Å². The van der Waals surface area contributed by atoms with Crippen LogP contribution < -0.4 is 10.6 Å². The van der Waals surface area contributed by atoms with Gasteiger partial charge in [-0.05, 0) is 54.1 Å². The lowest BCUT2D eigenvalue weighted by Crippen LogP contribution is -2.30. The van der Waals surface area contributed by atoms with Gasteiger partial charge in [-0.2, -0.15) is 0 Å². The number of aromatic nitrogens is 1. The summed E-state index contributed by atoms with van der Waals surface area (Å²) in [6.07, 6.45) is 3.82. The Morgan fingerprint density at radius 1 is 1.03 bits per heavy atom. The molecule has 0 bridgehead atoms. The first-order chi connectivity index (χ1) is 14.5. The number of aliphatic imine (C=N–C) groups is 1. The highest BCUT2D eigenvalue weighted by atomic mass is 35.5. The van der Waals surface area contributed by atoms with Gasteiger partial charge in [-0.1, -0.05) is 40.9 Å². The maximum Gasteiger partial charge on any atom is 0.252 e. The monoisotopic (exact) mass is 459 g/mol. The van der Waals surface area contributed by atoms with Gasteiger partial charge in [-0.15, -0.1) is 0 Å². The van der Waals surface area contributed by atoms with E-state index in [0.717, 1.165) is 17.6 Å². The molecule has 0 spiro atoms. The summed E-state index contributed by atoms with van der Waals surface area (Å²) in [7, 11) is 0. The number of hydrogen-bond acceptors (Lipinski definition) is 3. The van der Waals surface area contributed by atoms with Gasteiger partial charge < -0.3 is 10.6 Å². The van der Waals surface area contributed by atoms with E-state index in [1.54, 1.807) is 54.6 Å². The van der Waals surface area contributed by atoms with Gasteiger partial charge in [-0.25, -0.2) is 4.99 Å². The van der Waals surface area contributed by atoms with Gasteiger partial charge in [0.1, 0.15) is 6.34 Å². The summed E-state index contributed by atoms with van der Waals surface area (Å²) in [4.78, 5) is 20.9. The maximum absolute atomic E-state index is 12.9. The molecule has 3 rings (SSSR count). The van der Waals surface area contributed by atoms with Crippen molar-refractivity contribution in [3.63, 3.8) is 0 Å². The van der Waals surface area contributed by atoms with Crippen LogP contribution >= 0.6 is 34.8 Å². The molecule has 30 heavy (non-hydrogen) atoms. The van der Waals surface area contributed by atoms with Crippen molar-refractivity contribution in [3.8, 4) is 0 Å². The second-order valence-electron chi connectivity index (χ2n) is 6.11. The highest BCUT2D eigenvalue weighted by Gasteiger charge is 2.20. The first-order valence-electron chi connectivity index (χ1n) is 8.72. The van der Waals surface area contributed by atoms with Crippen LogP contribution in [-0.2, 0) is 0 Å². The first kappa shape index (κ1) is 21.8. The van der Waals surface area contributed by atoms with E-state index in [2.05, 4.69) is 20.6 Å². The number of nitrogens with one attached hydrogen (secondary N) is 3. The topological polar surface area (TPSA) is 90.2 Å². The molecule has 3 N–H and O–H groups in total. The summed E-state index contributed by atoms with van der Waals surface area (Å²) < 4.78 is 0. The minimum absolute atomic E-state index is 0.289. The lowest BCUT2D eigenvalue weighted by molar-refractivity contribution is 0.0942. The van der Waals surface area contributed by atoms with Gasteiger partial charge in [0.15, 0.2) is 0 Å². The van der Waals surface area contributed by atoms with Crippen molar-refractivity contribution < 1.29 is 4.79 Å². The van der Waals surface area contributed by atoms with Crippen molar-refractivity contribution in [2.45, 2.75) is 6.04 Å². The van der Waals surface area contributed by atoms with Crippen LogP contribution in [-0.4, -0.2) is 23.6 Å². The largest absolute Gasteiger partial charge is 0.346 e. The Morgan fingerprint density at radius 3 is 2.43 bits per heavy atom. The third-order valence-electron chi connectivity index (χ3n) is 4.13. The molecule has 0 aliphatic carbocycles. The summed E-state index contributed by atoms with van der Waals surface area (Å²) >= 11 is 18.2. The van der Waals surface area contributed by atoms with Crippen molar-refractivity contribution >= 4 is 59.1 Å². The molecule has 1 amide bonds. The molecule has 3 aromatic rings. The summed E-state index contributed by atoms with van der Waals surface area (Å²) in [6.45, 7) is 0. The molecule has 1 heterocycles. The van der Waals surface area contributed by atoms with Gasteiger partial charge in [0.05, 0.1) is 33.1 Å². The third-order valence-corrected chi connectivity index (χ3v) is 5.09. The minimum atomic E-state index is -0.554. The molecular weight excluding hydrogens is 445 g/mol. The lowest BCUT2D eigenvalue weighted by atomic mass is 10.0. The number of nitrogens with zero attached hydrogens (tertiary/aromatic N) is 2. The Morgan fingerprint density at radius 2 is 1.80 bits per heavy atom. The molecule has 152 valence electrons. The Labute approximate surface area is 188 Å². The van der Waals surface area contributed by atoms with Crippen molar-refractivity contribution in [1.29, 1.82) is 5.41 Å². The summed E-state index contributed by atoms with van der Waals surface area (Å²) in [6, 6.07) is 14.9. The quantitative estimate of drug-likeness (QED) is 0.316. The van der Waals surface area contributed by atoms with Crippen LogP contribution in [0.4, 0.5) is 5.69 Å². The predicted octanol–water partition coefficient (Wildman–Crippen LogP) is 5.61. The molecule has 1 aromatic heterocycles. The van der Waals surface area contributed by atoms with E-state index in [1.165, 1.54) is 12.5 Å². The van der Waals surface area contributed by atoms with Crippen molar-refractivity contribution in [2.24, 2.45) is 4.99 Å². The molecule has 0 fully saturated rings. The van der Waals surface area contributed by atoms with E-state index in [9.17, 15) is 4.79 Å². The second kappa shape index (κ2) is 10.2. The standard InChI is InChI=1S/C21H16Cl3N5O/c22-15-4-8-19(27-10-15)20(14-3-7-17(23)18(24)9-14)29-21(30)13-1-5-16(6-2-13)28-12-26-11-25/h1-12,20H,(H,29,30)(H2,25,26,28)/t20-/m0/s1. The van der Waals surface area contributed by atoms with Gasteiger partial charge in [0.2, 0.25) is 0 Å². The number of carbonyl (C=O) groups excluding carboxylic acids is 1. The number of anilines is 1. The number of carbonyl (C=O) groups is 1.